The molecule has 0 aliphatic rings. The summed E-state index contributed by atoms with van der Waals surface area (Å²) >= 11 is 0. The van der Waals surface area contributed by atoms with Gasteiger partial charge in [0.15, 0.2) is 0 Å². The molecular formula is C15H21NO4. The van der Waals surface area contributed by atoms with Crippen molar-refractivity contribution in [3.63, 3.8) is 0 Å². The molecule has 0 aromatic heterocycles. The van der Waals surface area contributed by atoms with E-state index in [2.05, 4.69) is 0 Å². The quantitative estimate of drug-likeness (QED) is 0.805. The number of nitrogens with two attached hydrogens (primary N) is 1. The number of hydrogen-bond donors (Lipinski definition) is 2. The maximum Gasteiger partial charge on any atom is 0.328 e. The summed E-state index contributed by atoms with van der Waals surface area (Å²) in [6.45, 7) is 5.28. The standard InChI is InChI=1S/C15H21NO4/c1-14(2,3)20-12(17)9-10-15(16,13(18)19)11-7-5-4-6-8-11/h4-8H,9-10,16H2,1-3H3,(H,18,19). The average Bonchev–Trinajstić information content (AvgIpc) is 2.34. The zero-order valence-corrected chi connectivity index (χ0v) is 12.1. The molecule has 20 heavy (non-hydrogen) atoms. The molecule has 0 saturated heterocycles. The van der Waals surface area contributed by atoms with Crippen molar-refractivity contribution in [1.29, 1.82) is 0 Å². The Hall–Kier alpha value is -1.88. The molecule has 1 atom stereocenters. The van der Waals surface area contributed by atoms with Crippen LogP contribution in [0, 0.1) is 0 Å². The van der Waals surface area contributed by atoms with Gasteiger partial charge in [-0.25, -0.2) is 4.79 Å². The predicted octanol–water partition coefficient (Wildman–Crippen LogP) is 2.05. The number of esters is 1. The van der Waals surface area contributed by atoms with Gasteiger partial charge in [0.25, 0.3) is 0 Å². The van der Waals surface area contributed by atoms with E-state index in [9.17, 15) is 14.7 Å². The van der Waals surface area contributed by atoms with E-state index in [1.807, 2.05) is 0 Å². The van der Waals surface area contributed by atoms with E-state index in [-0.39, 0.29) is 12.8 Å². The second kappa shape index (κ2) is 6.05. The number of benzene rings is 1. The second-order valence-electron chi connectivity index (χ2n) is 5.73. The summed E-state index contributed by atoms with van der Waals surface area (Å²) in [4.78, 5) is 23.1. The van der Waals surface area contributed by atoms with Gasteiger partial charge in [0, 0.05) is 6.42 Å². The van der Waals surface area contributed by atoms with Crippen LogP contribution in [-0.4, -0.2) is 22.6 Å². The number of carbonyl (C=O) groups is 2. The van der Waals surface area contributed by atoms with Gasteiger partial charge in [-0.1, -0.05) is 30.3 Å². The van der Waals surface area contributed by atoms with Gasteiger partial charge >= 0.3 is 11.9 Å². The van der Waals surface area contributed by atoms with Gasteiger partial charge < -0.3 is 15.6 Å². The Bertz CT molecular complexity index is 478. The summed E-state index contributed by atoms with van der Waals surface area (Å²) in [6.07, 6.45) is -0.0593. The summed E-state index contributed by atoms with van der Waals surface area (Å²) in [5, 5.41) is 9.35. The molecule has 0 aliphatic carbocycles. The molecule has 110 valence electrons. The molecule has 0 amide bonds. The van der Waals surface area contributed by atoms with Crippen LogP contribution in [0.4, 0.5) is 0 Å². The second-order valence-corrected chi connectivity index (χ2v) is 5.73. The zero-order chi connectivity index (χ0) is 15.4. The van der Waals surface area contributed by atoms with Gasteiger partial charge in [-0.3, -0.25) is 4.79 Å². The first-order valence-electron chi connectivity index (χ1n) is 6.45. The van der Waals surface area contributed by atoms with Crippen LogP contribution in [0.5, 0.6) is 0 Å². The van der Waals surface area contributed by atoms with Gasteiger partial charge in [-0.05, 0) is 32.8 Å². The number of carbonyl (C=O) groups excluding carboxylic acids is 1. The Morgan fingerprint density at radius 2 is 1.75 bits per heavy atom. The van der Waals surface area contributed by atoms with Crippen molar-refractivity contribution in [1.82, 2.24) is 0 Å². The van der Waals surface area contributed by atoms with Crippen LogP contribution in [0.1, 0.15) is 39.2 Å². The fourth-order valence-corrected chi connectivity index (χ4v) is 1.80. The molecule has 0 radical (unpaired) electrons. The first-order chi connectivity index (χ1) is 9.15. The average molecular weight is 279 g/mol. The van der Waals surface area contributed by atoms with Crippen LogP contribution in [0.15, 0.2) is 30.3 Å². The summed E-state index contributed by atoms with van der Waals surface area (Å²) < 4.78 is 5.16. The molecule has 0 heterocycles. The lowest BCUT2D eigenvalue weighted by molar-refractivity contribution is -0.155. The van der Waals surface area contributed by atoms with Crippen molar-refractivity contribution < 1.29 is 19.4 Å². The molecule has 0 spiro atoms. The number of ether oxygens (including phenoxy) is 1. The van der Waals surface area contributed by atoms with E-state index in [1.54, 1.807) is 51.1 Å². The molecule has 5 heteroatoms. The van der Waals surface area contributed by atoms with E-state index in [4.69, 9.17) is 10.5 Å². The largest absolute Gasteiger partial charge is 0.480 e. The Kier molecular flexibility index (Phi) is 4.89. The van der Waals surface area contributed by atoms with E-state index in [0.29, 0.717) is 5.56 Å². The number of aliphatic carboxylic acids is 1. The summed E-state index contributed by atoms with van der Waals surface area (Å²) in [5.41, 5.74) is 4.26. The lowest BCUT2D eigenvalue weighted by Crippen LogP contribution is -2.45. The molecular weight excluding hydrogens is 258 g/mol. The number of hydrogen-bond acceptors (Lipinski definition) is 4. The van der Waals surface area contributed by atoms with Crippen LogP contribution in [0.3, 0.4) is 0 Å². The van der Waals surface area contributed by atoms with Crippen LogP contribution >= 0.6 is 0 Å². The molecule has 0 aliphatic heterocycles. The molecule has 0 bridgehead atoms. The lowest BCUT2D eigenvalue weighted by atomic mass is 9.86. The fourth-order valence-electron chi connectivity index (χ4n) is 1.80. The predicted molar refractivity (Wildman–Crippen MR) is 75.0 cm³/mol. The van der Waals surface area contributed by atoms with Crippen molar-refractivity contribution in [2.75, 3.05) is 0 Å². The van der Waals surface area contributed by atoms with Crippen LogP contribution in [0.25, 0.3) is 0 Å². The van der Waals surface area contributed by atoms with Crippen LogP contribution in [0.2, 0.25) is 0 Å². The highest BCUT2D eigenvalue weighted by Gasteiger charge is 2.36. The first kappa shape index (κ1) is 16.2. The van der Waals surface area contributed by atoms with Crippen molar-refractivity contribution in [3.05, 3.63) is 35.9 Å². The topological polar surface area (TPSA) is 89.6 Å². The minimum Gasteiger partial charge on any atom is -0.480 e. The number of rotatable bonds is 5. The number of carboxylic acids is 1. The third-order valence-electron chi connectivity index (χ3n) is 2.81. The van der Waals surface area contributed by atoms with Crippen LogP contribution < -0.4 is 5.73 Å². The highest BCUT2D eigenvalue weighted by Crippen LogP contribution is 2.25. The summed E-state index contributed by atoms with van der Waals surface area (Å²) in [5.74, 6) is -1.61. The minimum absolute atomic E-state index is 0.0126. The molecule has 1 unspecified atom stereocenters. The molecule has 0 fully saturated rings. The third kappa shape index (κ3) is 4.35. The van der Waals surface area contributed by atoms with E-state index < -0.39 is 23.1 Å². The van der Waals surface area contributed by atoms with Crippen molar-refractivity contribution in [2.24, 2.45) is 5.73 Å². The summed E-state index contributed by atoms with van der Waals surface area (Å²) in [7, 11) is 0. The Morgan fingerprint density at radius 1 is 1.20 bits per heavy atom. The smallest absolute Gasteiger partial charge is 0.328 e. The highest BCUT2D eigenvalue weighted by molar-refractivity contribution is 5.81. The van der Waals surface area contributed by atoms with Crippen molar-refractivity contribution in [2.45, 2.75) is 44.8 Å². The van der Waals surface area contributed by atoms with Crippen molar-refractivity contribution in [3.8, 4) is 0 Å². The third-order valence-corrected chi connectivity index (χ3v) is 2.81. The van der Waals surface area contributed by atoms with Gasteiger partial charge in [0.1, 0.15) is 11.1 Å². The number of carboxylic acid groups (broad SMARTS) is 1. The fraction of sp³-hybridized carbons (Fsp3) is 0.467. The summed E-state index contributed by atoms with van der Waals surface area (Å²) in [6, 6.07) is 8.49. The normalized spacial score (nSPS) is 14.4. The molecule has 3 N–H and O–H groups in total. The molecule has 5 nitrogen and oxygen atoms in total. The molecule has 1 aromatic rings. The SMILES string of the molecule is CC(C)(C)OC(=O)CCC(N)(C(=O)O)c1ccccc1. The molecule has 1 rings (SSSR count). The Balaban J connectivity index is 2.80. The molecule has 0 saturated carbocycles. The van der Waals surface area contributed by atoms with E-state index in [0.717, 1.165) is 0 Å². The molecule has 1 aromatic carbocycles. The van der Waals surface area contributed by atoms with Gasteiger partial charge in [-0.2, -0.15) is 0 Å². The van der Waals surface area contributed by atoms with Gasteiger partial charge in [0.2, 0.25) is 0 Å². The monoisotopic (exact) mass is 279 g/mol. The van der Waals surface area contributed by atoms with Crippen LogP contribution in [-0.2, 0) is 19.9 Å². The van der Waals surface area contributed by atoms with E-state index >= 15 is 0 Å². The van der Waals surface area contributed by atoms with Gasteiger partial charge in [-0.15, -0.1) is 0 Å². The Labute approximate surface area is 118 Å². The minimum atomic E-state index is -1.59. The maximum absolute atomic E-state index is 11.7. The Morgan fingerprint density at radius 3 is 2.20 bits per heavy atom. The lowest BCUT2D eigenvalue weighted by Gasteiger charge is -2.26. The zero-order valence-electron chi connectivity index (χ0n) is 12.1. The van der Waals surface area contributed by atoms with Gasteiger partial charge in [0.05, 0.1) is 0 Å². The van der Waals surface area contributed by atoms with E-state index in [1.165, 1.54) is 0 Å². The maximum atomic E-state index is 11.7. The van der Waals surface area contributed by atoms with Crippen molar-refractivity contribution >= 4 is 11.9 Å². The first-order valence-corrected chi connectivity index (χ1v) is 6.45. The highest BCUT2D eigenvalue weighted by atomic mass is 16.6.